The number of primary amides is 1. The molecule has 1 fully saturated rings. The Morgan fingerprint density at radius 2 is 1.79 bits per heavy atom. The summed E-state index contributed by atoms with van der Waals surface area (Å²) in [5, 5.41) is 11.0. The lowest BCUT2D eigenvalue weighted by Gasteiger charge is -2.24. The van der Waals surface area contributed by atoms with Crippen LogP contribution in [-0.2, 0) is 11.3 Å². The summed E-state index contributed by atoms with van der Waals surface area (Å²) in [6.07, 6.45) is -0.887. The van der Waals surface area contributed by atoms with Gasteiger partial charge < -0.3 is 21.1 Å². The number of carbonyl (C=O) groups is 3. The molecule has 1 saturated heterocycles. The highest BCUT2D eigenvalue weighted by Gasteiger charge is 2.51. The number of fused-ring (bicyclic) bond motifs is 2. The van der Waals surface area contributed by atoms with Gasteiger partial charge in [-0.25, -0.2) is 18.1 Å². The number of hydrogen-bond acceptors (Lipinski definition) is 7. The molecular weight excluding hydrogens is 610 g/mol. The van der Waals surface area contributed by atoms with Crippen LogP contribution in [0.4, 0.5) is 19.4 Å². The highest BCUT2D eigenvalue weighted by molar-refractivity contribution is 6.06. The van der Waals surface area contributed by atoms with E-state index in [1.165, 1.54) is 10.6 Å². The van der Waals surface area contributed by atoms with Crippen molar-refractivity contribution in [2.24, 2.45) is 5.73 Å². The summed E-state index contributed by atoms with van der Waals surface area (Å²) >= 11 is 0. The summed E-state index contributed by atoms with van der Waals surface area (Å²) in [4.78, 5) is 44.0. The van der Waals surface area contributed by atoms with Crippen LogP contribution < -0.4 is 16.4 Å². The number of nitrogens with zero attached hydrogens (tertiary/aromatic N) is 5. The Labute approximate surface area is 268 Å². The first-order chi connectivity index (χ1) is 22.2. The van der Waals surface area contributed by atoms with Gasteiger partial charge in [-0.15, -0.1) is 5.10 Å². The number of ether oxygens (including phenoxy) is 1. The maximum absolute atomic E-state index is 15.1. The second-order valence-corrected chi connectivity index (χ2v) is 12.5. The molecule has 1 aliphatic heterocycles. The average Bonchev–Trinajstić information content (AvgIpc) is 3.67. The predicted molar refractivity (Wildman–Crippen MR) is 171 cm³/mol. The minimum atomic E-state index is -3.40. The zero-order chi connectivity index (χ0) is 33.7. The van der Waals surface area contributed by atoms with Crippen molar-refractivity contribution < 1.29 is 27.9 Å². The van der Waals surface area contributed by atoms with Crippen LogP contribution in [0, 0.1) is 6.92 Å². The SMILES string of the molecule is Cc1cc2c(C(N)=O)cccc2n1-c1nc(NCc2ccccc2)c2ccc(C(=O)NC3CN(C(=O)OC(C)(C)C)CC3(F)F)n2n1. The number of anilines is 1. The zero-order valence-electron chi connectivity index (χ0n) is 26.3. The van der Waals surface area contributed by atoms with Gasteiger partial charge in [0, 0.05) is 23.2 Å². The third-order valence-corrected chi connectivity index (χ3v) is 7.80. The van der Waals surface area contributed by atoms with Gasteiger partial charge in [-0.2, -0.15) is 4.98 Å². The van der Waals surface area contributed by atoms with Gasteiger partial charge >= 0.3 is 6.09 Å². The van der Waals surface area contributed by atoms with Gasteiger partial charge in [0.1, 0.15) is 22.9 Å². The van der Waals surface area contributed by atoms with Crippen molar-refractivity contribution >= 4 is 40.1 Å². The van der Waals surface area contributed by atoms with E-state index in [1.807, 2.05) is 37.3 Å². The maximum Gasteiger partial charge on any atom is 0.410 e. The van der Waals surface area contributed by atoms with E-state index in [1.54, 1.807) is 55.7 Å². The number of aryl methyl sites for hydroxylation is 1. The van der Waals surface area contributed by atoms with Gasteiger partial charge in [0.15, 0.2) is 5.82 Å². The summed E-state index contributed by atoms with van der Waals surface area (Å²) in [7, 11) is 0. The standard InChI is InChI=1S/C33H34F2N8O4/c1-19-15-22-21(27(36)44)11-8-12-23(22)42(19)30-39-28(37-16-20-9-6-5-7-10-20)24-13-14-25(43(24)40-30)29(45)38-26-17-41(18-33(26,34)35)31(46)47-32(2,3)4/h5-15,26H,16-18H2,1-4H3,(H2,36,44)(H,38,45)(H,37,39,40). The lowest BCUT2D eigenvalue weighted by molar-refractivity contribution is -0.0154. The van der Waals surface area contributed by atoms with Crippen molar-refractivity contribution in [3.8, 4) is 5.95 Å². The minimum absolute atomic E-state index is 0.0233. The molecular formula is C33H34F2N8O4. The molecule has 6 rings (SSSR count). The normalized spacial score (nSPS) is 16.0. The van der Waals surface area contributed by atoms with E-state index < -0.39 is 48.6 Å². The average molecular weight is 645 g/mol. The van der Waals surface area contributed by atoms with Crippen LogP contribution in [0.3, 0.4) is 0 Å². The van der Waals surface area contributed by atoms with Gasteiger partial charge in [-0.05, 0) is 63.6 Å². The van der Waals surface area contributed by atoms with Crippen molar-refractivity contribution in [1.82, 2.24) is 29.4 Å². The molecule has 0 aliphatic carbocycles. The quantitative estimate of drug-likeness (QED) is 0.233. The number of carbonyl (C=O) groups excluding carboxylic acids is 3. The molecule has 1 unspecified atom stereocenters. The van der Waals surface area contributed by atoms with Gasteiger partial charge in [0.05, 0.1) is 18.6 Å². The van der Waals surface area contributed by atoms with Crippen LogP contribution in [0.1, 0.15) is 52.9 Å². The summed E-state index contributed by atoms with van der Waals surface area (Å²) in [5.41, 5.74) is 7.76. The third kappa shape index (κ3) is 6.18. The van der Waals surface area contributed by atoms with Crippen LogP contribution in [0.2, 0.25) is 0 Å². The molecule has 3 amide bonds. The van der Waals surface area contributed by atoms with Crippen molar-refractivity contribution in [3.05, 3.63) is 89.2 Å². The van der Waals surface area contributed by atoms with E-state index in [2.05, 4.69) is 15.7 Å². The molecule has 5 aromatic rings. The monoisotopic (exact) mass is 644 g/mol. The lowest BCUT2D eigenvalue weighted by atomic mass is 10.1. The molecule has 1 atom stereocenters. The first kappa shape index (κ1) is 31.5. The van der Waals surface area contributed by atoms with E-state index >= 15 is 8.78 Å². The van der Waals surface area contributed by atoms with Crippen LogP contribution in [-0.4, -0.2) is 72.6 Å². The number of aromatic nitrogens is 4. The lowest BCUT2D eigenvalue weighted by Crippen LogP contribution is -2.47. The summed E-state index contributed by atoms with van der Waals surface area (Å²) in [6.45, 7) is 5.81. The molecule has 12 nitrogen and oxygen atoms in total. The molecule has 0 radical (unpaired) electrons. The highest BCUT2D eigenvalue weighted by Crippen LogP contribution is 2.30. The zero-order valence-corrected chi connectivity index (χ0v) is 26.3. The highest BCUT2D eigenvalue weighted by atomic mass is 19.3. The molecule has 4 N–H and O–H groups in total. The number of halogens is 2. The number of rotatable bonds is 7. The van der Waals surface area contributed by atoms with Gasteiger partial charge in [0.25, 0.3) is 17.8 Å². The van der Waals surface area contributed by atoms with Crippen molar-refractivity contribution in [2.45, 2.75) is 51.8 Å². The molecule has 244 valence electrons. The number of nitrogens with one attached hydrogen (secondary N) is 2. The smallest absolute Gasteiger partial charge is 0.410 e. The van der Waals surface area contributed by atoms with Gasteiger partial charge in [-0.3, -0.25) is 19.1 Å². The predicted octanol–water partition coefficient (Wildman–Crippen LogP) is 4.68. The van der Waals surface area contributed by atoms with E-state index in [9.17, 15) is 14.4 Å². The number of alkyl halides is 2. The number of amides is 3. The fourth-order valence-corrected chi connectivity index (χ4v) is 5.64. The Morgan fingerprint density at radius 3 is 2.49 bits per heavy atom. The van der Waals surface area contributed by atoms with Crippen molar-refractivity contribution in [1.29, 1.82) is 0 Å². The van der Waals surface area contributed by atoms with Crippen molar-refractivity contribution in [2.75, 3.05) is 18.4 Å². The van der Waals surface area contributed by atoms with E-state index in [-0.39, 0.29) is 11.6 Å². The Hall–Kier alpha value is -5.53. The van der Waals surface area contributed by atoms with Gasteiger partial charge in [-0.1, -0.05) is 36.4 Å². The topological polar surface area (TPSA) is 149 Å². The third-order valence-electron chi connectivity index (χ3n) is 7.80. The molecule has 3 aromatic heterocycles. The number of hydrogen-bond donors (Lipinski definition) is 3. The first-order valence-electron chi connectivity index (χ1n) is 15.0. The Morgan fingerprint density at radius 1 is 1.04 bits per heavy atom. The van der Waals surface area contributed by atoms with Crippen LogP contribution >= 0.6 is 0 Å². The first-order valence-corrected chi connectivity index (χ1v) is 15.0. The Bertz CT molecular complexity index is 2020. The fourth-order valence-electron chi connectivity index (χ4n) is 5.64. The van der Waals surface area contributed by atoms with Crippen LogP contribution in [0.15, 0.2) is 66.7 Å². The molecule has 2 aromatic carbocycles. The number of benzene rings is 2. The second kappa shape index (κ2) is 11.7. The van der Waals surface area contributed by atoms with E-state index in [0.717, 1.165) is 10.5 Å². The van der Waals surface area contributed by atoms with Gasteiger partial charge in [0.2, 0.25) is 5.91 Å². The Balaban J connectivity index is 1.39. The molecule has 0 saturated carbocycles. The molecule has 47 heavy (non-hydrogen) atoms. The maximum atomic E-state index is 15.1. The Kier molecular flexibility index (Phi) is 7.82. The molecule has 1 aliphatic rings. The molecule has 4 heterocycles. The summed E-state index contributed by atoms with van der Waals surface area (Å²) < 4.78 is 38.5. The van der Waals surface area contributed by atoms with Crippen LogP contribution in [0.25, 0.3) is 22.4 Å². The number of nitrogens with two attached hydrogens (primary N) is 1. The van der Waals surface area contributed by atoms with Crippen molar-refractivity contribution in [3.63, 3.8) is 0 Å². The second-order valence-electron chi connectivity index (χ2n) is 12.5. The van der Waals surface area contributed by atoms with Crippen LogP contribution in [0.5, 0.6) is 0 Å². The van der Waals surface area contributed by atoms with E-state index in [4.69, 9.17) is 15.5 Å². The molecule has 14 heteroatoms. The fraction of sp³-hybridized carbons (Fsp3) is 0.303. The largest absolute Gasteiger partial charge is 0.444 e. The summed E-state index contributed by atoms with van der Waals surface area (Å²) in [6, 6.07) is 18.0. The number of likely N-dealkylation sites (tertiary alicyclic amines) is 1. The summed E-state index contributed by atoms with van der Waals surface area (Å²) in [5.74, 6) is -4.26. The minimum Gasteiger partial charge on any atom is -0.444 e. The van der Waals surface area contributed by atoms with E-state index in [0.29, 0.717) is 40.0 Å². The molecule has 0 bridgehead atoms. The molecule has 0 spiro atoms.